The average molecular weight is 191 g/mol. The molecule has 0 fully saturated rings. The van der Waals surface area contributed by atoms with Crippen LogP contribution in [0, 0.1) is 0 Å². The van der Waals surface area contributed by atoms with E-state index in [1.807, 2.05) is 25.7 Å². The van der Waals surface area contributed by atoms with Gasteiger partial charge in [0, 0.05) is 18.4 Å². The molecule has 2 nitrogen and oxygen atoms in total. The predicted octanol–water partition coefficient (Wildman–Crippen LogP) is 1.75. The first kappa shape index (κ1) is 12.3. The summed E-state index contributed by atoms with van der Waals surface area (Å²) in [6.45, 7) is 8.11. The SMILES string of the molecule is CCOCC(CSC(C)C)NC. The third kappa shape index (κ3) is 6.95. The summed E-state index contributed by atoms with van der Waals surface area (Å²) < 4.78 is 5.34. The molecule has 0 aromatic carbocycles. The zero-order chi connectivity index (χ0) is 9.40. The molecule has 3 heteroatoms. The van der Waals surface area contributed by atoms with E-state index in [0.717, 1.165) is 19.0 Å². The highest BCUT2D eigenvalue weighted by Gasteiger charge is 2.06. The number of rotatable bonds is 7. The predicted molar refractivity (Wildman–Crippen MR) is 56.9 cm³/mol. The number of ether oxygens (including phenoxy) is 1. The van der Waals surface area contributed by atoms with Gasteiger partial charge in [0.15, 0.2) is 0 Å². The quantitative estimate of drug-likeness (QED) is 0.662. The van der Waals surface area contributed by atoms with Gasteiger partial charge in [0.1, 0.15) is 0 Å². The Morgan fingerprint density at radius 2 is 2.08 bits per heavy atom. The van der Waals surface area contributed by atoms with Gasteiger partial charge in [-0.3, -0.25) is 0 Å². The molecule has 0 saturated heterocycles. The van der Waals surface area contributed by atoms with E-state index in [-0.39, 0.29) is 0 Å². The first-order chi connectivity index (χ1) is 5.70. The van der Waals surface area contributed by atoms with Crippen LogP contribution in [-0.4, -0.2) is 37.3 Å². The van der Waals surface area contributed by atoms with Crippen LogP contribution >= 0.6 is 11.8 Å². The van der Waals surface area contributed by atoms with Crippen LogP contribution in [0.5, 0.6) is 0 Å². The second-order valence-electron chi connectivity index (χ2n) is 3.03. The van der Waals surface area contributed by atoms with E-state index in [1.165, 1.54) is 0 Å². The molecule has 74 valence electrons. The molecule has 0 rings (SSSR count). The zero-order valence-corrected chi connectivity index (χ0v) is 9.41. The molecule has 12 heavy (non-hydrogen) atoms. The Morgan fingerprint density at radius 3 is 2.50 bits per heavy atom. The normalized spacial score (nSPS) is 13.8. The van der Waals surface area contributed by atoms with E-state index in [2.05, 4.69) is 19.2 Å². The molecule has 0 bridgehead atoms. The topological polar surface area (TPSA) is 21.3 Å². The van der Waals surface area contributed by atoms with Crippen molar-refractivity contribution >= 4 is 11.8 Å². The van der Waals surface area contributed by atoms with Crippen LogP contribution in [0.3, 0.4) is 0 Å². The molecule has 0 aliphatic rings. The number of hydrogen-bond acceptors (Lipinski definition) is 3. The van der Waals surface area contributed by atoms with Gasteiger partial charge in [-0.15, -0.1) is 0 Å². The minimum absolute atomic E-state index is 0.498. The molecule has 1 unspecified atom stereocenters. The van der Waals surface area contributed by atoms with Crippen molar-refractivity contribution in [3.63, 3.8) is 0 Å². The number of likely N-dealkylation sites (N-methyl/N-ethyl adjacent to an activating group) is 1. The van der Waals surface area contributed by atoms with Crippen molar-refractivity contribution in [2.45, 2.75) is 32.1 Å². The van der Waals surface area contributed by atoms with Crippen molar-refractivity contribution in [1.82, 2.24) is 5.32 Å². The van der Waals surface area contributed by atoms with Crippen LogP contribution in [0.4, 0.5) is 0 Å². The fraction of sp³-hybridized carbons (Fsp3) is 1.00. The van der Waals surface area contributed by atoms with E-state index >= 15 is 0 Å². The fourth-order valence-electron chi connectivity index (χ4n) is 0.783. The van der Waals surface area contributed by atoms with Gasteiger partial charge in [-0.25, -0.2) is 0 Å². The molecule has 0 heterocycles. The summed E-state index contributed by atoms with van der Waals surface area (Å²) in [7, 11) is 1.99. The van der Waals surface area contributed by atoms with Crippen LogP contribution < -0.4 is 5.32 Å². The lowest BCUT2D eigenvalue weighted by molar-refractivity contribution is 0.131. The summed E-state index contributed by atoms with van der Waals surface area (Å²) in [5.41, 5.74) is 0. The molecular weight excluding hydrogens is 170 g/mol. The Balaban J connectivity index is 3.39. The minimum Gasteiger partial charge on any atom is -0.380 e. The lowest BCUT2D eigenvalue weighted by atomic mass is 10.4. The molecule has 0 radical (unpaired) electrons. The number of hydrogen-bond donors (Lipinski definition) is 1. The lowest BCUT2D eigenvalue weighted by Crippen LogP contribution is -2.33. The summed E-state index contributed by atoms with van der Waals surface area (Å²) in [5, 5.41) is 3.96. The number of nitrogens with one attached hydrogen (secondary N) is 1. The Labute approximate surface area is 80.4 Å². The van der Waals surface area contributed by atoms with E-state index in [9.17, 15) is 0 Å². The maximum atomic E-state index is 5.34. The van der Waals surface area contributed by atoms with E-state index in [4.69, 9.17) is 4.74 Å². The monoisotopic (exact) mass is 191 g/mol. The molecule has 0 aliphatic heterocycles. The zero-order valence-electron chi connectivity index (χ0n) is 8.59. The Morgan fingerprint density at radius 1 is 1.42 bits per heavy atom. The Hall–Kier alpha value is 0.270. The average Bonchev–Trinajstić information content (AvgIpc) is 2.05. The molecule has 0 amide bonds. The molecule has 0 aromatic heterocycles. The van der Waals surface area contributed by atoms with Crippen LogP contribution in [0.2, 0.25) is 0 Å². The first-order valence-corrected chi connectivity index (χ1v) is 5.62. The van der Waals surface area contributed by atoms with Crippen molar-refractivity contribution in [1.29, 1.82) is 0 Å². The first-order valence-electron chi connectivity index (χ1n) is 4.57. The van der Waals surface area contributed by atoms with Crippen LogP contribution in [-0.2, 0) is 4.74 Å². The second-order valence-corrected chi connectivity index (χ2v) is 4.64. The fourth-order valence-corrected chi connectivity index (χ4v) is 1.66. The maximum Gasteiger partial charge on any atom is 0.0627 e. The maximum absolute atomic E-state index is 5.34. The van der Waals surface area contributed by atoms with Gasteiger partial charge >= 0.3 is 0 Å². The Bertz CT molecular complexity index is 98.5. The standard InChI is InChI=1S/C9H21NOS/c1-5-11-6-9(10-4)7-12-8(2)3/h8-10H,5-7H2,1-4H3. The van der Waals surface area contributed by atoms with Crippen LogP contribution in [0.15, 0.2) is 0 Å². The summed E-state index contributed by atoms with van der Waals surface area (Å²) in [4.78, 5) is 0. The van der Waals surface area contributed by atoms with E-state index < -0.39 is 0 Å². The van der Waals surface area contributed by atoms with Crippen molar-refractivity contribution in [2.75, 3.05) is 26.0 Å². The van der Waals surface area contributed by atoms with Gasteiger partial charge in [0.2, 0.25) is 0 Å². The third-order valence-corrected chi connectivity index (χ3v) is 2.82. The van der Waals surface area contributed by atoms with E-state index in [1.54, 1.807) is 0 Å². The molecule has 0 saturated carbocycles. The van der Waals surface area contributed by atoms with Gasteiger partial charge < -0.3 is 10.1 Å². The molecule has 1 atom stereocenters. The summed E-state index contributed by atoms with van der Waals surface area (Å²) in [6, 6.07) is 0.498. The van der Waals surface area contributed by atoms with E-state index in [0.29, 0.717) is 11.3 Å². The minimum atomic E-state index is 0.498. The summed E-state index contributed by atoms with van der Waals surface area (Å²) in [5.74, 6) is 1.13. The van der Waals surface area contributed by atoms with Gasteiger partial charge in [0.05, 0.1) is 6.61 Å². The summed E-state index contributed by atoms with van der Waals surface area (Å²) in [6.07, 6.45) is 0. The third-order valence-electron chi connectivity index (χ3n) is 1.56. The van der Waals surface area contributed by atoms with Gasteiger partial charge in [-0.05, 0) is 19.2 Å². The smallest absolute Gasteiger partial charge is 0.0627 e. The molecule has 0 spiro atoms. The number of thioether (sulfide) groups is 1. The van der Waals surface area contributed by atoms with Crippen molar-refractivity contribution in [3.05, 3.63) is 0 Å². The highest BCUT2D eigenvalue weighted by molar-refractivity contribution is 7.99. The highest BCUT2D eigenvalue weighted by Crippen LogP contribution is 2.10. The van der Waals surface area contributed by atoms with Crippen molar-refractivity contribution in [2.24, 2.45) is 0 Å². The molecule has 0 aliphatic carbocycles. The van der Waals surface area contributed by atoms with Crippen LogP contribution in [0.25, 0.3) is 0 Å². The van der Waals surface area contributed by atoms with Gasteiger partial charge in [-0.1, -0.05) is 13.8 Å². The highest BCUT2D eigenvalue weighted by atomic mass is 32.2. The molecule has 1 N–H and O–H groups in total. The van der Waals surface area contributed by atoms with Crippen molar-refractivity contribution < 1.29 is 4.74 Å². The molecular formula is C9H21NOS. The Kier molecular flexibility index (Phi) is 8.07. The van der Waals surface area contributed by atoms with Crippen molar-refractivity contribution in [3.8, 4) is 0 Å². The largest absolute Gasteiger partial charge is 0.380 e. The van der Waals surface area contributed by atoms with Gasteiger partial charge in [-0.2, -0.15) is 11.8 Å². The second kappa shape index (κ2) is 7.90. The van der Waals surface area contributed by atoms with Gasteiger partial charge in [0.25, 0.3) is 0 Å². The summed E-state index contributed by atoms with van der Waals surface area (Å²) >= 11 is 1.97. The lowest BCUT2D eigenvalue weighted by Gasteiger charge is -2.16. The van der Waals surface area contributed by atoms with Crippen LogP contribution in [0.1, 0.15) is 20.8 Å². The molecule has 0 aromatic rings.